The lowest BCUT2D eigenvalue weighted by Gasteiger charge is -2.20. The van der Waals surface area contributed by atoms with Crippen molar-refractivity contribution in [3.8, 4) is 0 Å². The molecular formula is C15H25N5. The normalized spacial score (nSPS) is 12.8. The molecule has 20 heavy (non-hydrogen) atoms. The van der Waals surface area contributed by atoms with Crippen molar-refractivity contribution < 1.29 is 0 Å². The van der Waals surface area contributed by atoms with Gasteiger partial charge in [0.15, 0.2) is 0 Å². The van der Waals surface area contributed by atoms with Gasteiger partial charge in [0, 0.05) is 37.2 Å². The number of aryl methyl sites for hydroxylation is 3. The summed E-state index contributed by atoms with van der Waals surface area (Å²) in [5.74, 6) is 1.08. The van der Waals surface area contributed by atoms with E-state index in [1.807, 2.05) is 17.9 Å². The van der Waals surface area contributed by atoms with Gasteiger partial charge in [0.2, 0.25) is 0 Å². The van der Waals surface area contributed by atoms with Crippen molar-refractivity contribution in [1.29, 1.82) is 0 Å². The minimum Gasteiger partial charge on any atom is -0.333 e. The van der Waals surface area contributed by atoms with E-state index in [1.54, 1.807) is 0 Å². The summed E-state index contributed by atoms with van der Waals surface area (Å²) in [5, 5.41) is 8.10. The molecule has 0 spiro atoms. The SMILES string of the molecule is CCCn1ccnc1C(NCC)c1c(C)nn(C)c1C. The Morgan fingerprint density at radius 3 is 2.60 bits per heavy atom. The number of hydrogen-bond acceptors (Lipinski definition) is 3. The van der Waals surface area contributed by atoms with E-state index in [9.17, 15) is 0 Å². The van der Waals surface area contributed by atoms with Crippen molar-refractivity contribution in [1.82, 2.24) is 24.6 Å². The van der Waals surface area contributed by atoms with Crippen molar-refractivity contribution in [3.63, 3.8) is 0 Å². The first-order valence-corrected chi connectivity index (χ1v) is 7.34. The van der Waals surface area contributed by atoms with Crippen molar-refractivity contribution in [2.45, 2.75) is 46.7 Å². The molecule has 0 radical (unpaired) electrons. The molecule has 1 unspecified atom stereocenters. The summed E-state index contributed by atoms with van der Waals surface area (Å²) in [6.45, 7) is 10.4. The third-order valence-electron chi connectivity index (χ3n) is 3.73. The second-order valence-corrected chi connectivity index (χ2v) is 5.18. The highest BCUT2D eigenvalue weighted by Crippen LogP contribution is 2.26. The zero-order valence-corrected chi connectivity index (χ0v) is 13.1. The van der Waals surface area contributed by atoms with Crippen LogP contribution in [0.25, 0.3) is 0 Å². The van der Waals surface area contributed by atoms with E-state index < -0.39 is 0 Å². The lowest BCUT2D eigenvalue weighted by molar-refractivity contribution is 0.540. The highest BCUT2D eigenvalue weighted by atomic mass is 15.3. The van der Waals surface area contributed by atoms with Gasteiger partial charge in [-0.05, 0) is 26.8 Å². The topological polar surface area (TPSA) is 47.7 Å². The Balaban J connectivity index is 2.48. The Labute approximate surface area is 121 Å². The lowest BCUT2D eigenvalue weighted by Crippen LogP contribution is -2.26. The second kappa shape index (κ2) is 6.22. The first-order valence-electron chi connectivity index (χ1n) is 7.34. The smallest absolute Gasteiger partial charge is 0.130 e. The average molecular weight is 275 g/mol. The van der Waals surface area contributed by atoms with Gasteiger partial charge in [-0.1, -0.05) is 13.8 Å². The monoisotopic (exact) mass is 275 g/mol. The molecule has 1 N–H and O–H groups in total. The Hall–Kier alpha value is -1.62. The van der Waals surface area contributed by atoms with Crippen LogP contribution in [0.5, 0.6) is 0 Å². The lowest BCUT2D eigenvalue weighted by atomic mass is 10.0. The zero-order valence-electron chi connectivity index (χ0n) is 13.1. The van der Waals surface area contributed by atoms with Crippen LogP contribution in [0, 0.1) is 13.8 Å². The summed E-state index contributed by atoms with van der Waals surface area (Å²) in [4.78, 5) is 4.59. The van der Waals surface area contributed by atoms with Crippen molar-refractivity contribution in [2.24, 2.45) is 7.05 Å². The van der Waals surface area contributed by atoms with Crippen LogP contribution in [0.2, 0.25) is 0 Å². The van der Waals surface area contributed by atoms with Gasteiger partial charge in [-0.2, -0.15) is 5.10 Å². The molecule has 2 heterocycles. The summed E-state index contributed by atoms with van der Waals surface area (Å²) in [5.41, 5.74) is 3.51. The molecular weight excluding hydrogens is 250 g/mol. The van der Waals surface area contributed by atoms with Gasteiger partial charge in [-0.3, -0.25) is 4.68 Å². The summed E-state index contributed by atoms with van der Waals surface area (Å²) < 4.78 is 4.18. The molecule has 0 amide bonds. The molecule has 0 aliphatic carbocycles. The fraction of sp³-hybridized carbons (Fsp3) is 0.600. The van der Waals surface area contributed by atoms with Crippen LogP contribution >= 0.6 is 0 Å². The van der Waals surface area contributed by atoms with E-state index in [4.69, 9.17) is 0 Å². The van der Waals surface area contributed by atoms with Gasteiger partial charge < -0.3 is 9.88 Å². The molecule has 5 nitrogen and oxygen atoms in total. The highest BCUT2D eigenvalue weighted by Gasteiger charge is 2.24. The fourth-order valence-electron chi connectivity index (χ4n) is 2.75. The van der Waals surface area contributed by atoms with E-state index >= 15 is 0 Å². The van der Waals surface area contributed by atoms with Crippen LogP contribution in [0.3, 0.4) is 0 Å². The second-order valence-electron chi connectivity index (χ2n) is 5.18. The van der Waals surface area contributed by atoms with Crippen LogP contribution in [-0.2, 0) is 13.6 Å². The Morgan fingerprint density at radius 2 is 2.05 bits per heavy atom. The molecule has 110 valence electrons. The first-order chi connectivity index (χ1) is 9.60. The van der Waals surface area contributed by atoms with E-state index in [0.717, 1.165) is 31.0 Å². The van der Waals surface area contributed by atoms with Crippen LogP contribution in [-0.4, -0.2) is 25.9 Å². The predicted octanol–water partition coefficient (Wildman–Crippen LogP) is 2.34. The van der Waals surface area contributed by atoms with E-state index in [0.29, 0.717) is 0 Å². The Kier molecular flexibility index (Phi) is 4.60. The fourth-order valence-corrected chi connectivity index (χ4v) is 2.75. The Morgan fingerprint density at radius 1 is 1.30 bits per heavy atom. The summed E-state index contributed by atoms with van der Waals surface area (Å²) in [6.07, 6.45) is 5.05. The molecule has 0 saturated carbocycles. The van der Waals surface area contributed by atoms with E-state index in [2.05, 4.69) is 53.9 Å². The quantitative estimate of drug-likeness (QED) is 0.880. The molecule has 0 saturated heterocycles. The maximum atomic E-state index is 4.59. The maximum absolute atomic E-state index is 4.59. The molecule has 0 aliphatic heterocycles. The van der Waals surface area contributed by atoms with Crippen LogP contribution in [0.1, 0.15) is 49.1 Å². The van der Waals surface area contributed by atoms with Gasteiger partial charge in [0.1, 0.15) is 5.82 Å². The molecule has 0 aromatic carbocycles. The molecule has 0 aliphatic rings. The van der Waals surface area contributed by atoms with Gasteiger partial charge >= 0.3 is 0 Å². The predicted molar refractivity (Wildman–Crippen MR) is 80.7 cm³/mol. The van der Waals surface area contributed by atoms with Crippen LogP contribution in [0.4, 0.5) is 0 Å². The minimum atomic E-state index is 0.107. The highest BCUT2D eigenvalue weighted by molar-refractivity contribution is 5.33. The van der Waals surface area contributed by atoms with Crippen molar-refractivity contribution in [3.05, 3.63) is 35.2 Å². The first kappa shape index (κ1) is 14.8. The third kappa shape index (κ3) is 2.63. The standard InChI is InChI=1S/C15H25N5/c1-6-9-20-10-8-17-15(20)14(16-7-2)13-11(3)18-19(5)12(13)4/h8,10,14,16H,6-7,9H2,1-5H3. The number of nitrogens with one attached hydrogen (secondary N) is 1. The van der Waals surface area contributed by atoms with Gasteiger partial charge in [0.25, 0.3) is 0 Å². The van der Waals surface area contributed by atoms with Gasteiger partial charge in [-0.25, -0.2) is 4.98 Å². The molecule has 2 rings (SSSR count). The summed E-state index contributed by atoms with van der Waals surface area (Å²) in [6, 6.07) is 0.107. The number of nitrogens with zero attached hydrogens (tertiary/aromatic N) is 4. The molecule has 0 bridgehead atoms. The van der Waals surface area contributed by atoms with Crippen LogP contribution < -0.4 is 5.32 Å². The average Bonchev–Trinajstić information content (AvgIpc) is 2.95. The number of aromatic nitrogens is 4. The third-order valence-corrected chi connectivity index (χ3v) is 3.73. The number of rotatable bonds is 6. The maximum Gasteiger partial charge on any atom is 0.130 e. The molecule has 2 aromatic rings. The van der Waals surface area contributed by atoms with Gasteiger partial charge in [-0.15, -0.1) is 0 Å². The van der Waals surface area contributed by atoms with Gasteiger partial charge in [0.05, 0.1) is 11.7 Å². The zero-order chi connectivity index (χ0) is 14.7. The summed E-state index contributed by atoms with van der Waals surface area (Å²) in [7, 11) is 1.99. The molecule has 2 aromatic heterocycles. The molecule has 5 heteroatoms. The number of hydrogen-bond donors (Lipinski definition) is 1. The number of imidazole rings is 1. The molecule has 0 fully saturated rings. The van der Waals surface area contributed by atoms with E-state index in [1.165, 1.54) is 11.3 Å². The largest absolute Gasteiger partial charge is 0.333 e. The Bertz CT molecular complexity index is 567. The molecule has 1 atom stereocenters. The summed E-state index contributed by atoms with van der Waals surface area (Å²) >= 11 is 0. The van der Waals surface area contributed by atoms with Crippen LogP contribution in [0.15, 0.2) is 12.4 Å². The van der Waals surface area contributed by atoms with Crippen molar-refractivity contribution >= 4 is 0 Å². The minimum absolute atomic E-state index is 0.107. The van der Waals surface area contributed by atoms with Crippen molar-refractivity contribution in [2.75, 3.05) is 6.54 Å². The van der Waals surface area contributed by atoms with E-state index in [-0.39, 0.29) is 6.04 Å².